The van der Waals surface area contributed by atoms with Gasteiger partial charge >= 0.3 is 0 Å². The molecule has 0 N–H and O–H groups in total. The molecule has 1 atom stereocenters. The molecule has 8 rings (SSSR count). The molecule has 0 amide bonds. The average molecular weight is 564 g/mol. The summed E-state index contributed by atoms with van der Waals surface area (Å²) in [4.78, 5) is 16.0. The van der Waals surface area contributed by atoms with Gasteiger partial charge in [-0.15, -0.1) is 0 Å². The maximum atomic E-state index is 13.7. The maximum absolute atomic E-state index is 13.7. The van der Waals surface area contributed by atoms with Crippen molar-refractivity contribution in [3.05, 3.63) is 168 Å². The smallest absolute Gasteiger partial charge is 0.189 e. The summed E-state index contributed by atoms with van der Waals surface area (Å²) in [5.74, 6) is 0.239. The third-order valence-corrected chi connectivity index (χ3v) is 8.91. The minimum atomic E-state index is 0.0969. The largest absolute Gasteiger partial charge is 0.310 e. The molecular formula is C42H29NO. The van der Waals surface area contributed by atoms with Crippen molar-refractivity contribution in [2.24, 2.45) is 0 Å². The van der Waals surface area contributed by atoms with Crippen LogP contribution in [0.4, 0.5) is 17.1 Å². The van der Waals surface area contributed by atoms with Gasteiger partial charge in [0.05, 0.1) is 5.69 Å². The van der Waals surface area contributed by atoms with E-state index in [9.17, 15) is 4.79 Å². The fourth-order valence-electron chi connectivity index (χ4n) is 6.75. The Morgan fingerprint density at radius 3 is 2.25 bits per heavy atom. The van der Waals surface area contributed by atoms with E-state index < -0.39 is 0 Å². The number of benzene rings is 6. The van der Waals surface area contributed by atoms with E-state index in [2.05, 4.69) is 151 Å². The number of rotatable bonds is 5. The van der Waals surface area contributed by atoms with Gasteiger partial charge in [-0.3, -0.25) is 4.79 Å². The van der Waals surface area contributed by atoms with Crippen LogP contribution in [0.3, 0.4) is 0 Å². The molecule has 7 aromatic rings. The number of carbonyl (C=O) groups is 1. The molecule has 1 aliphatic rings. The van der Waals surface area contributed by atoms with Crippen LogP contribution in [0.5, 0.6) is 0 Å². The van der Waals surface area contributed by atoms with Crippen molar-refractivity contribution in [2.45, 2.75) is 19.3 Å². The number of fused-ring (bicyclic) bond motifs is 4. The zero-order valence-electron chi connectivity index (χ0n) is 24.4. The lowest BCUT2D eigenvalue weighted by molar-refractivity contribution is 0.103. The molecule has 0 saturated heterocycles. The molecule has 0 unspecified atom stereocenters. The Labute approximate surface area is 257 Å². The fourth-order valence-corrected chi connectivity index (χ4v) is 6.75. The van der Waals surface area contributed by atoms with Gasteiger partial charge in [-0.1, -0.05) is 97.9 Å². The summed E-state index contributed by atoms with van der Waals surface area (Å²) >= 11 is 0. The number of hydrogen-bond acceptors (Lipinski definition) is 2. The lowest BCUT2D eigenvalue weighted by Gasteiger charge is -2.27. The van der Waals surface area contributed by atoms with Gasteiger partial charge in [0.1, 0.15) is 0 Å². The first-order chi connectivity index (χ1) is 21.7. The average Bonchev–Trinajstić information content (AvgIpc) is 3.33. The lowest BCUT2D eigenvalue weighted by Crippen LogP contribution is -2.10. The first kappa shape index (κ1) is 26.0. The van der Waals surface area contributed by atoms with Crippen molar-refractivity contribution in [1.29, 1.82) is 0 Å². The van der Waals surface area contributed by atoms with Crippen LogP contribution in [0.25, 0.3) is 38.4 Å². The van der Waals surface area contributed by atoms with Crippen LogP contribution >= 0.6 is 0 Å². The third kappa shape index (κ3) is 4.34. The summed E-state index contributed by atoms with van der Waals surface area (Å²) in [5.41, 5.74) is 7.08. The first-order valence-electron chi connectivity index (χ1n) is 15.2. The molecule has 208 valence electrons. The summed E-state index contributed by atoms with van der Waals surface area (Å²) < 4.78 is 0. The van der Waals surface area contributed by atoms with Crippen molar-refractivity contribution < 1.29 is 4.79 Å². The number of carbonyl (C=O) groups excluding carboxylic acids is 1. The monoisotopic (exact) mass is 563 g/mol. The Morgan fingerprint density at radius 2 is 1.43 bits per heavy atom. The highest BCUT2D eigenvalue weighted by Gasteiger charge is 2.33. The number of nitrogens with zero attached hydrogens (tertiary/aromatic N) is 1. The van der Waals surface area contributed by atoms with Gasteiger partial charge in [-0.05, 0) is 99.8 Å². The molecule has 0 saturated carbocycles. The van der Waals surface area contributed by atoms with Gasteiger partial charge in [0, 0.05) is 39.2 Å². The van der Waals surface area contributed by atoms with Crippen LogP contribution in [-0.2, 0) is 0 Å². The number of hydrogen-bond donors (Lipinski definition) is 0. The van der Waals surface area contributed by atoms with Gasteiger partial charge in [0.15, 0.2) is 5.78 Å². The molecule has 0 heterocycles. The SMILES string of the molecule is CC[C@@H]1/C(=C\c2ccc(N(c3ccc4ccc#cc4c3)c3cccc4ccccc34)cc2)C(=O)c2cc3ccccc3cc21. The topological polar surface area (TPSA) is 20.3 Å². The lowest BCUT2D eigenvalue weighted by atomic mass is 9.92. The molecule has 0 radical (unpaired) electrons. The molecule has 0 spiro atoms. The number of allylic oxidation sites excluding steroid dienone is 1. The van der Waals surface area contributed by atoms with Crippen molar-refractivity contribution >= 4 is 61.2 Å². The van der Waals surface area contributed by atoms with Crippen molar-refractivity contribution in [3.8, 4) is 0 Å². The highest BCUT2D eigenvalue weighted by atomic mass is 16.1. The normalized spacial score (nSPS) is 15.2. The van der Waals surface area contributed by atoms with Crippen LogP contribution in [0, 0.1) is 12.1 Å². The standard InChI is InChI=1S/C42H29NO/c1-2-36-38-26-32-13-5-6-14-33(32)27-40(38)42(44)39(36)24-28-18-21-34(22-19-28)43(35-23-20-29-10-3-4-12-31(29)25-35)41-17-9-15-30-11-7-8-16-37(30)41/h3,5-11,13-27,36H,2H2,1H3/b39-24+/t36-/m0/s1. The number of Topliss-reactive ketones (excluding diaryl/α,β-unsaturated/α-hetero) is 1. The molecule has 0 aliphatic heterocycles. The molecule has 2 heteroatoms. The van der Waals surface area contributed by atoms with Gasteiger partial charge in [0.25, 0.3) is 0 Å². The van der Waals surface area contributed by atoms with E-state index in [1.54, 1.807) is 0 Å². The quantitative estimate of drug-likeness (QED) is 0.194. The van der Waals surface area contributed by atoms with Gasteiger partial charge < -0.3 is 4.90 Å². The van der Waals surface area contributed by atoms with Gasteiger partial charge in [-0.25, -0.2) is 0 Å². The predicted molar refractivity (Wildman–Crippen MR) is 183 cm³/mol. The summed E-state index contributed by atoms with van der Waals surface area (Å²) in [6.07, 6.45) is 2.97. The summed E-state index contributed by atoms with van der Waals surface area (Å²) in [6, 6.07) is 52.9. The molecular weight excluding hydrogens is 534 g/mol. The van der Waals surface area contributed by atoms with E-state index in [0.717, 1.165) is 61.9 Å². The first-order valence-corrected chi connectivity index (χ1v) is 15.2. The zero-order chi connectivity index (χ0) is 29.6. The van der Waals surface area contributed by atoms with E-state index in [-0.39, 0.29) is 11.7 Å². The highest BCUT2D eigenvalue weighted by molar-refractivity contribution is 6.18. The summed E-state index contributed by atoms with van der Waals surface area (Å²) in [6.45, 7) is 2.17. The predicted octanol–water partition coefficient (Wildman–Crippen LogP) is 11.0. The molecule has 0 bridgehead atoms. The Kier molecular flexibility index (Phi) is 6.25. The molecule has 0 fully saturated rings. The second-order valence-corrected chi connectivity index (χ2v) is 11.5. The Balaban J connectivity index is 1.22. The number of anilines is 3. The number of ketones is 1. The zero-order valence-corrected chi connectivity index (χ0v) is 24.4. The Hall–Kier alpha value is -5.65. The van der Waals surface area contributed by atoms with Gasteiger partial charge in [0.2, 0.25) is 0 Å². The molecule has 1 aliphatic carbocycles. The van der Waals surface area contributed by atoms with Crippen LogP contribution in [-0.4, -0.2) is 5.78 Å². The Morgan fingerprint density at radius 1 is 0.705 bits per heavy atom. The van der Waals surface area contributed by atoms with E-state index in [4.69, 9.17) is 0 Å². The maximum Gasteiger partial charge on any atom is 0.189 e. The van der Waals surface area contributed by atoms with Crippen molar-refractivity contribution in [3.63, 3.8) is 0 Å². The second kappa shape index (κ2) is 10.6. The molecule has 0 aromatic heterocycles. The minimum Gasteiger partial charge on any atom is -0.310 e. The summed E-state index contributed by atoms with van der Waals surface area (Å²) in [7, 11) is 0. The molecule has 2 nitrogen and oxygen atoms in total. The highest BCUT2D eigenvalue weighted by Crippen LogP contribution is 2.43. The summed E-state index contributed by atoms with van der Waals surface area (Å²) in [5, 5.41) is 6.81. The Bertz CT molecular complexity index is 2240. The van der Waals surface area contributed by atoms with Crippen LogP contribution in [0.2, 0.25) is 0 Å². The van der Waals surface area contributed by atoms with Crippen molar-refractivity contribution in [1.82, 2.24) is 0 Å². The van der Waals surface area contributed by atoms with Crippen LogP contribution < -0.4 is 4.90 Å². The fraction of sp³-hybridized carbons (Fsp3) is 0.0714. The van der Waals surface area contributed by atoms with E-state index in [1.165, 1.54) is 16.2 Å². The molecule has 44 heavy (non-hydrogen) atoms. The third-order valence-electron chi connectivity index (χ3n) is 8.91. The van der Waals surface area contributed by atoms with Crippen molar-refractivity contribution in [2.75, 3.05) is 4.90 Å². The minimum absolute atomic E-state index is 0.0969. The second-order valence-electron chi connectivity index (χ2n) is 11.5. The van der Waals surface area contributed by atoms with Crippen LogP contribution in [0.1, 0.15) is 40.7 Å². The van der Waals surface area contributed by atoms with E-state index in [1.807, 2.05) is 12.1 Å². The van der Waals surface area contributed by atoms with Gasteiger partial charge in [-0.2, -0.15) is 0 Å². The van der Waals surface area contributed by atoms with Crippen LogP contribution in [0.15, 0.2) is 139 Å². The van der Waals surface area contributed by atoms with E-state index in [0.29, 0.717) is 0 Å². The molecule has 7 aromatic carbocycles. The van der Waals surface area contributed by atoms with E-state index >= 15 is 0 Å².